The van der Waals surface area contributed by atoms with Crippen LogP contribution in [0.1, 0.15) is 29.7 Å². The van der Waals surface area contributed by atoms with Crippen molar-refractivity contribution in [2.45, 2.75) is 35.8 Å². The maximum absolute atomic E-state index is 13.5. The van der Waals surface area contributed by atoms with E-state index in [0.29, 0.717) is 11.3 Å². The van der Waals surface area contributed by atoms with Gasteiger partial charge in [0.05, 0.1) is 11.5 Å². The number of amides is 1. The summed E-state index contributed by atoms with van der Waals surface area (Å²) in [6, 6.07) is 24.5. The van der Waals surface area contributed by atoms with Gasteiger partial charge in [-0.3, -0.25) is 19.0 Å². The summed E-state index contributed by atoms with van der Waals surface area (Å²) < 4.78 is 40.6. The van der Waals surface area contributed by atoms with E-state index in [0.717, 1.165) is 16.7 Å². The first-order chi connectivity index (χ1) is 20.9. The molecule has 4 N–H and O–H groups in total. The Kier molecular flexibility index (Phi) is 10.3. The maximum Gasteiger partial charge on any atom is 0.356 e. The van der Waals surface area contributed by atoms with Crippen molar-refractivity contribution in [2.75, 3.05) is 19.0 Å². The molecule has 2 heterocycles. The second kappa shape index (κ2) is 13.7. The lowest BCUT2D eigenvalue weighted by Gasteiger charge is -2.55. The monoisotopic (exact) mass is 640 g/mol. The highest BCUT2D eigenvalue weighted by Crippen LogP contribution is 2.45. The van der Waals surface area contributed by atoms with E-state index in [4.69, 9.17) is 19.8 Å². The minimum Gasteiger partial charge on any atom is -0.461 e. The zero-order chi connectivity index (χ0) is 32.1. The van der Waals surface area contributed by atoms with E-state index < -0.39 is 51.6 Å². The molecule has 3 aromatic carbocycles. The van der Waals surface area contributed by atoms with Crippen LogP contribution < -0.4 is 5.73 Å². The maximum atomic E-state index is 13.5. The molecule has 0 bridgehead atoms. The number of carbonyl (C=O) groups is 3. The van der Waals surface area contributed by atoms with Crippen molar-refractivity contribution >= 4 is 39.7 Å². The lowest BCUT2D eigenvalue weighted by Crippen LogP contribution is -2.79. The van der Waals surface area contributed by atoms with E-state index in [-0.39, 0.29) is 17.2 Å². The van der Waals surface area contributed by atoms with Crippen molar-refractivity contribution in [3.8, 4) is 0 Å². The van der Waals surface area contributed by atoms with Gasteiger partial charge in [0.15, 0.2) is 6.10 Å². The predicted molar refractivity (Wildman–Crippen MR) is 163 cm³/mol. The molecule has 2 aliphatic rings. The molecule has 1 saturated heterocycles. The van der Waals surface area contributed by atoms with Gasteiger partial charge >= 0.3 is 11.9 Å². The Morgan fingerprint density at radius 1 is 1.02 bits per heavy atom. The molecule has 44 heavy (non-hydrogen) atoms. The SMILES string of the molecule is CC(=O)OCC1=C(C(=O)OC(c2ccccc2)c2ccccc2)N2C(=O)[C@](N)(CO)[C@H]2SC1.Cc1ccc(S(=O)(=O)O)cc1. The number of benzene rings is 3. The number of rotatable bonds is 8. The van der Waals surface area contributed by atoms with Crippen molar-refractivity contribution in [1.82, 2.24) is 4.90 Å². The predicted octanol–water partition coefficient (Wildman–Crippen LogP) is 2.98. The number of aliphatic hydroxyl groups excluding tert-OH is 1. The number of hydrogen-bond acceptors (Lipinski definition) is 10. The van der Waals surface area contributed by atoms with Crippen LogP contribution in [0.15, 0.2) is 101 Å². The molecule has 0 aromatic heterocycles. The largest absolute Gasteiger partial charge is 0.461 e. The number of thioether (sulfide) groups is 1. The van der Waals surface area contributed by atoms with Crippen molar-refractivity contribution in [3.63, 3.8) is 0 Å². The summed E-state index contributed by atoms with van der Waals surface area (Å²) in [6.45, 7) is 2.41. The topological polar surface area (TPSA) is 174 Å². The first-order valence-electron chi connectivity index (χ1n) is 13.4. The number of hydrogen-bond donors (Lipinski definition) is 3. The van der Waals surface area contributed by atoms with E-state index in [1.54, 1.807) is 12.1 Å². The van der Waals surface area contributed by atoms with Crippen LogP contribution in [-0.2, 0) is 34.0 Å². The highest BCUT2D eigenvalue weighted by molar-refractivity contribution is 8.00. The molecule has 3 aromatic rings. The minimum absolute atomic E-state index is 0.0105. The molecule has 5 rings (SSSR count). The summed E-state index contributed by atoms with van der Waals surface area (Å²) in [7, 11) is -4.02. The van der Waals surface area contributed by atoms with Gasteiger partial charge in [0, 0.05) is 18.2 Å². The summed E-state index contributed by atoms with van der Waals surface area (Å²) in [5, 5.41) is 9.06. The highest BCUT2D eigenvalue weighted by atomic mass is 32.2. The summed E-state index contributed by atoms with van der Waals surface area (Å²) in [6.07, 6.45) is -0.716. The number of aryl methyl sites for hydroxylation is 1. The van der Waals surface area contributed by atoms with Crippen LogP contribution in [0.25, 0.3) is 0 Å². The second-order valence-electron chi connectivity index (χ2n) is 10.2. The van der Waals surface area contributed by atoms with Gasteiger partial charge in [-0.2, -0.15) is 8.42 Å². The van der Waals surface area contributed by atoms with E-state index in [2.05, 4.69) is 0 Å². The summed E-state index contributed by atoms with van der Waals surface area (Å²) >= 11 is 1.30. The molecule has 0 aliphatic carbocycles. The van der Waals surface area contributed by atoms with Crippen LogP contribution in [0.2, 0.25) is 0 Å². The zero-order valence-corrected chi connectivity index (χ0v) is 25.6. The highest BCUT2D eigenvalue weighted by Gasteiger charge is 2.62. The number of nitrogens with two attached hydrogens (primary N) is 1. The van der Waals surface area contributed by atoms with Gasteiger partial charge < -0.3 is 20.3 Å². The van der Waals surface area contributed by atoms with Gasteiger partial charge in [-0.05, 0) is 30.2 Å². The van der Waals surface area contributed by atoms with Gasteiger partial charge in [0.25, 0.3) is 16.0 Å². The van der Waals surface area contributed by atoms with E-state index in [1.807, 2.05) is 67.6 Å². The van der Waals surface area contributed by atoms with Crippen molar-refractivity contribution in [2.24, 2.45) is 5.73 Å². The summed E-state index contributed by atoms with van der Waals surface area (Å²) in [5.74, 6) is -1.52. The lowest BCUT2D eigenvalue weighted by molar-refractivity contribution is -0.160. The van der Waals surface area contributed by atoms with E-state index >= 15 is 0 Å². The molecule has 232 valence electrons. The standard InChI is InChI=1S/C24H24N2O6S.C7H8O3S/c1-15(28)31-12-18-13-33-23-24(25,14-27)22(30)26(23)19(18)21(29)32-20(16-8-4-2-5-9-16)17-10-6-3-7-11-17;1-6-2-4-7(5-3-6)11(8,9)10/h2-11,20,23,27H,12-14,25H2,1H3;2-5H,1H3,(H,8,9,10)/t23-,24-;/m1./s1. The minimum atomic E-state index is -4.02. The number of aliphatic hydroxyl groups is 1. The second-order valence-corrected chi connectivity index (χ2v) is 12.7. The van der Waals surface area contributed by atoms with E-state index in [1.165, 1.54) is 35.7 Å². The van der Waals surface area contributed by atoms with Gasteiger partial charge in [-0.15, -0.1) is 11.8 Å². The summed E-state index contributed by atoms with van der Waals surface area (Å²) in [5.41, 5.74) is 7.56. The van der Waals surface area contributed by atoms with Crippen LogP contribution in [0.3, 0.4) is 0 Å². The Morgan fingerprint density at radius 3 is 2.05 bits per heavy atom. The van der Waals surface area contributed by atoms with Gasteiger partial charge in [0.1, 0.15) is 23.2 Å². The van der Waals surface area contributed by atoms with Crippen LogP contribution in [0, 0.1) is 6.92 Å². The van der Waals surface area contributed by atoms with Gasteiger partial charge in [0.2, 0.25) is 0 Å². The molecular formula is C31H32N2O9S2. The van der Waals surface area contributed by atoms with Gasteiger partial charge in [-0.1, -0.05) is 78.4 Å². The first-order valence-corrected chi connectivity index (χ1v) is 15.9. The number of carbonyl (C=O) groups excluding carboxylic acids is 3. The van der Waals surface area contributed by atoms with Crippen LogP contribution >= 0.6 is 11.8 Å². The molecule has 1 amide bonds. The van der Waals surface area contributed by atoms with Crippen molar-refractivity contribution < 1.29 is 41.9 Å². The Balaban J connectivity index is 0.000000339. The average molecular weight is 641 g/mol. The van der Waals surface area contributed by atoms with Crippen LogP contribution in [-0.4, -0.2) is 70.7 Å². The fourth-order valence-electron chi connectivity index (χ4n) is 4.61. The number of β-lactam (4-membered cyclic amide) rings is 1. The molecular weight excluding hydrogens is 608 g/mol. The normalized spacial score (nSPS) is 19.4. The fourth-order valence-corrected chi connectivity index (χ4v) is 6.49. The molecule has 11 nitrogen and oxygen atoms in total. The van der Waals surface area contributed by atoms with Crippen molar-refractivity contribution in [1.29, 1.82) is 0 Å². The molecule has 1 fully saturated rings. The van der Waals surface area contributed by atoms with Crippen molar-refractivity contribution in [3.05, 3.63) is 113 Å². The van der Waals surface area contributed by atoms with Crippen LogP contribution in [0.5, 0.6) is 0 Å². The zero-order valence-electron chi connectivity index (χ0n) is 24.0. The Morgan fingerprint density at radius 2 is 1.57 bits per heavy atom. The average Bonchev–Trinajstić information content (AvgIpc) is 3.02. The quantitative estimate of drug-likeness (QED) is 0.188. The summed E-state index contributed by atoms with van der Waals surface area (Å²) in [4.78, 5) is 38.9. The van der Waals surface area contributed by atoms with E-state index in [9.17, 15) is 27.9 Å². The lowest BCUT2D eigenvalue weighted by atomic mass is 9.88. The molecule has 0 spiro atoms. The Bertz CT molecular complexity index is 1610. The third-order valence-electron chi connectivity index (χ3n) is 6.94. The third kappa shape index (κ3) is 7.20. The molecule has 13 heteroatoms. The number of nitrogens with zero attached hydrogens (tertiary/aromatic N) is 1. The number of esters is 2. The molecule has 0 saturated carbocycles. The molecule has 2 aliphatic heterocycles. The van der Waals surface area contributed by atoms with Gasteiger partial charge in [-0.25, -0.2) is 4.79 Å². The molecule has 0 radical (unpaired) electrons. The molecule has 0 unspecified atom stereocenters. The Hall–Kier alpha value is -4.01. The number of fused-ring (bicyclic) bond motifs is 1. The first kappa shape index (κ1) is 32.9. The fraction of sp³-hybridized carbons (Fsp3) is 0.258. The third-order valence-corrected chi connectivity index (χ3v) is 9.27. The molecule has 2 atom stereocenters. The smallest absolute Gasteiger partial charge is 0.356 e. The van der Waals surface area contributed by atoms with Crippen LogP contribution in [0.4, 0.5) is 0 Å². The Labute approximate surface area is 259 Å². The number of ether oxygens (including phenoxy) is 2.